The molecule has 1 N–H and O–H groups in total. The van der Waals surface area contributed by atoms with E-state index in [0.717, 1.165) is 5.56 Å². The maximum absolute atomic E-state index is 12.4. The molecule has 0 bridgehead atoms. The molecule has 2 heterocycles. The van der Waals surface area contributed by atoms with E-state index in [-0.39, 0.29) is 5.75 Å². The molecule has 0 unspecified atom stereocenters. The Bertz CT molecular complexity index is 783. The standard InChI is InChI=1S/C15H19N3O3S2/c1-4-9-23(20,21)15(2,3)13(19)18-14-17-12(10-22-14)11-5-7-16-8-6-11/h5-8,10H,4,9H2,1-3H3,(H,17,18,19). The summed E-state index contributed by atoms with van der Waals surface area (Å²) in [7, 11) is -3.52. The van der Waals surface area contributed by atoms with E-state index in [0.29, 0.717) is 17.2 Å². The number of carbonyl (C=O) groups is 1. The number of thiazole rings is 1. The molecule has 0 saturated carbocycles. The Kier molecular flexibility index (Phi) is 5.16. The van der Waals surface area contributed by atoms with Gasteiger partial charge in [0.1, 0.15) is 4.75 Å². The fourth-order valence-corrected chi connectivity index (χ4v) is 4.00. The molecule has 0 aliphatic carbocycles. The van der Waals surface area contributed by atoms with Crippen LogP contribution in [0.5, 0.6) is 0 Å². The van der Waals surface area contributed by atoms with Crippen LogP contribution in [0.15, 0.2) is 29.9 Å². The molecule has 0 atom stereocenters. The largest absolute Gasteiger partial charge is 0.301 e. The van der Waals surface area contributed by atoms with E-state index in [1.54, 1.807) is 24.7 Å². The van der Waals surface area contributed by atoms with Gasteiger partial charge in [-0.15, -0.1) is 11.3 Å². The molecular weight excluding hydrogens is 334 g/mol. The number of amides is 1. The van der Waals surface area contributed by atoms with Gasteiger partial charge in [0.25, 0.3) is 0 Å². The molecule has 0 fully saturated rings. The van der Waals surface area contributed by atoms with Crippen LogP contribution in [0.1, 0.15) is 27.2 Å². The van der Waals surface area contributed by atoms with Crippen LogP contribution in [0.2, 0.25) is 0 Å². The van der Waals surface area contributed by atoms with Crippen molar-refractivity contribution in [1.82, 2.24) is 9.97 Å². The first-order chi connectivity index (χ1) is 10.8. The molecule has 23 heavy (non-hydrogen) atoms. The third-order valence-electron chi connectivity index (χ3n) is 3.50. The zero-order valence-electron chi connectivity index (χ0n) is 13.2. The van der Waals surface area contributed by atoms with Crippen molar-refractivity contribution in [3.63, 3.8) is 0 Å². The minimum atomic E-state index is -3.52. The third kappa shape index (κ3) is 3.76. The fourth-order valence-electron chi connectivity index (χ4n) is 1.90. The lowest BCUT2D eigenvalue weighted by Crippen LogP contribution is -2.45. The van der Waals surface area contributed by atoms with E-state index in [1.165, 1.54) is 25.2 Å². The smallest absolute Gasteiger partial charge is 0.247 e. The van der Waals surface area contributed by atoms with Crippen molar-refractivity contribution in [2.75, 3.05) is 11.1 Å². The zero-order chi connectivity index (χ0) is 17.1. The van der Waals surface area contributed by atoms with Crippen molar-refractivity contribution in [2.24, 2.45) is 0 Å². The van der Waals surface area contributed by atoms with E-state index in [9.17, 15) is 13.2 Å². The Morgan fingerprint density at radius 3 is 2.57 bits per heavy atom. The number of nitrogens with one attached hydrogen (secondary N) is 1. The van der Waals surface area contributed by atoms with Crippen LogP contribution >= 0.6 is 11.3 Å². The summed E-state index contributed by atoms with van der Waals surface area (Å²) < 4.78 is 23.0. The van der Waals surface area contributed by atoms with Gasteiger partial charge in [-0.05, 0) is 32.4 Å². The van der Waals surface area contributed by atoms with Gasteiger partial charge in [-0.3, -0.25) is 9.78 Å². The monoisotopic (exact) mass is 353 g/mol. The summed E-state index contributed by atoms with van der Waals surface area (Å²) in [6, 6.07) is 3.63. The molecule has 124 valence electrons. The molecule has 2 aromatic rings. The Morgan fingerprint density at radius 1 is 1.30 bits per heavy atom. The van der Waals surface area contributed by atoms with Crippen molar-refractivity contribution in [1.29, 1.82) is 0 Å². The molecule has 6 nitrogen and oxygen atoms in total. The van der Waals surface area contributed by atoms with Crippen molar-refractivity contribution >= 4 is 32.2 Å². The number of hydrogen-bond acceptors (Lipinski definition) is 6. The minimum absolute atomic E-state index is 0.0203. The van der Waals surface area contributed by atoms with E-state index in [4.69, 9.17) is 0 Å². The van der Waals surface area contributed by atoms with Gasteiger partial charge in [0.05, 0.1) is 11.4 Å². The molecule has 8 heteroatoms. The number of pyridine rings is 1. The van der Waals surface area contributed by atoms with Gasteiger partial charge >= 0.3 is 0 Å². The lowest BCUT2D eigenvalue weighted by Gasteiger charge is -2.22. The van der Waals surface area contributed by atoms with E-state index in [1.807, 2.05) is 12.1 Å². The van der Waals surface area contributed by atoms with Gasteiger partial charge in [-0.2, -0.15) is 0 Å². The Labute approximate surface area is 139 Å². The maximum atomic E-state index is 12.4. The molecular formula is C15H19N3O3S2. The number of nitrogens with zero attached hydrogens (tertiary/aromatic N) is 2. The molecule has 2 rings (SSSR count). The molecule has 2 aromatic heterocycles. The van der Waals surface area contributed by atoms with Crippen molar-refractivity contribution in [3.8, 4) is 11.3 Å². The van der Waals surface area contributed by atoms with Crippen LogP contribution in [0.4, 0.5) is 5.13 Å². The van der Waals surface area contributed by atoms with Crippen LogP contribution in [0, 0.1) is 0 Å². The molecule has 1 amide bonds. The van der Waals surface area contributed by atoms with Crippen molar-refractivity contribution in [3.05, 3.63) is 29.9 Å². The summed E-state index contributed by atoms with van der Waals surface area (Å²) in [5.41, 5.74) is 1.59. The van der Waals surface area contributed by atoms with Gasteiger partial charge in [0.2, 0.25) is 5.91 Å². The van der Waals surface area contributed by atoms with E-state index < -0.39 is 20.5 Å². The normalized spacial score (nSPS) is 12.1. The van der Waals surface area contributed by atoms with Crippen LogP contribution < -0.4 is 5.32 Å². The first kappa shape index (κ1) is 17.6. The quantitative estimate of drug-likeness (QED) is 0.862. The molecule has 0 aromatic carbocycles. The van der Waals surface area contributed by atoms with Crippen molar-refractivity contribution in [2.45, 2.75) is 31.9 Å². The number of aromatic nitrogens is 2. The molecule has 0 radical (unpaired) electrons. The average Bonchev–Trinajstić information content (AvgIpc) is 2.96. The Hall–Kier alpha value is -1.80. The summed E-state index contributed by atoms with van der Waals surface area (Å²) >= 11 is 1.25. The number of sulfone groups is 1. The Balaban J connectivity index is 2.17. The first-order valence-corrected chi connectivity index (χ1v) is 9.71. The lowest BCUT2D eigenvalue weighted by molar-refractivity contribution is -0.117. The van der Waals surface area contributed by atoms with Gasteiger partial charge in [-0.1, -0.05) is 6.92 Å². The summed E-state index contributed by atoms with van der Waals surface area (Å²) in [6.07, 6.45) is 3.79. The number of hydrogen-bond donors (Lipinski definition) is 1. The van der Waals surface area contributed by atoms with Crippen molar-refractivity contribution < 1.29 is 13.2 Å². The highest BCUT2D eigenvalue weighted by molar-refractivity contribution is 7.93. The van der Waals surface area contributed by atoms with E-state index in [2.05, 4.69) is 15.3 Å². The highest BCUT2D eigenvalue weighted by Crippen LogP contribution is 2.26. The average molecular weight is 353 g/mol. The maximum Gasteiger partial charge on any atom is 0.247 e. The lowest BCUT2D eigenvalue weighted by atomic mass is 10.2. The number of anilines is 1. The molecule has 0 saturated heterocycles. The summed E-state index contributed by atoms with van der Waals surface area (Å²) in [6.45, 7) is 4.61. The molecule has 0 aliphatic rings. The topological polar surface area (TPSA) is 89.0 Å². The van der Waals surface area contributed by atoms with Crippen LogP contribution in [-0.2, 0) is 14.6 Å². The van der Waals surface area contributed by atoms with Gasteiger partial charge < -0.3 is 5.32 Å². The predicted molar refractivity (Wildman–Crippen MR) is 92.1 cm³/mol. The Morgan fingerprint density at radius 2 is 1.96 bits per heavy atom. The van der Waals surface area contributed by atoms with Gasteiger partial charge in [0, 0.05) is 23.3 Å². The minimum Gasteiger partial charge on any atom is -0.301 e. The fraction of sp³-hybridized carbons (Fsp3) is 0.400. The van der Waals surface area contributed by atoms with Gasteiger partial charge in [0.15, 0.2) is 15.0 Å². The number of carbonyl (C=O) groups excluding carboxylic acids is 1. The highest BCUT2D eigenvalue weighted by Gasteiger charge is 2.41. The second-order valence-corrected chi connectivity index (χ2v) is 9.07. The summed E-state index contributed by atoms with van der Waals surface area (Å²) in [5.74, 6) is -0.588. The SMILES string of the molecule is CCCS(=O)(=O)C(C)(C)C(=O)Nc1nc(-c2ccncc2)cs1. The predicted octanol–water partition coefficient (Wildman–Crippen LogP) is 2.75. The molecule has 0 spiro atoms. The van der Waals surface area contributed by atoms with E-state index >= 15 is 0 Å². The summed E-state index contributed by atoms with van der Waals surface area (Å²) in [4.78, 5) is 20.6. The van der Waals surface area contributed by atoms with Crippen LogP contribution in [0.3, 0.4) is 0 Å². The first-order valence-electron chi connectivity index (χ1n) is 7.17. The van der Waals surface area contributed by atoms with Crippen LogP contribution in [0.25, 0.3) is 11.3 Å². The van der Waals surface area contributed by atoms with Gasteiger partial charge in [-0.25, -0.2) is 13.4 Å². The highest BCUT2D eigenvalue weighted by atomic mass is 32.2. The second kappa shape index (κ2) is 6.76. The van der Waals surface area contributed by atoms with Crippen LogP contribution in [-0.4, -0.2) is 34.8 Å². The second-order valence-electron chi connectivity index (χ2n) is 5.56. The number of rotatable bonds is 6. The summed E-state index contributed by atoms with van der Waals surface area (Å²) in [5, 5.41) is 4.79. The third-order valence-corrected chi connectivity index (χ3v) is 6.94. The molecule has 0 aliphatic heterocycles. The zero-order valence-corrected chi connectivity index (χ0v) is 14.9.